The molecule has 3 nitrogen and oxygen atoms in total. The summed E-state index contributed by atoms with van der Waals surface area (Å²) < 4.78 is 22.1. The van der Waals surface area contributed by atoms with Gasteiger partial charge in [-0.05, 0) is 35.4 Å². The van der Waals surface area contributed by atoms with E-state index < -0.39 is 9.05 Å². The molecule has 0 aliphatic rings. The van der Waals surface area contributed by atoms with Gasteiger partial charge in [-0.15, -0.1) is 0 Å². The molecule has 5 heteroatoms. The van der Waals surface area contributed by atoms with E-state index in [1.54, 1.807) is 36.4 Å². The standard InChI is InChI=1S/C12H9ClO3S/c13-17(15,16)12-7-3-10(4-8-12)9-1-5-11(14)6-2-9/h1-8,14H. The third-order valence-corrected chi connectivity index (χ3v) is 3.71. The van der Waals surface area contributed by atoms with Crippen LogP contribution in [0.4, 0.5) is 0 Å². The van der Waals surface area contributed by atoms with Gasteiger partial charge in [-0.1, -0.05) is 24.3 Å². The lowest BCUT2D eigenvalue weighted by molar-refractivity contribution is 0.475. The minimum absolute atomic E-state index is 0.0710. The second-order valence-electron chi connectivity index (χ2n) is 3.51. The summed E-state index contributed by atoms with van der Waals surface area (Å²) >= 11 is 0. The molecule has 0 aliphatic carbocycles. The van der Waals surface area contributed by atoms with Gasteiger partial charge in [0, 0.05) is 10.7 Å². The van der Waals surface area contributed by atoms with Crippen LogP contribution in [0.2, 0.25) is 0 Å². The van der Waals surface area contributed by atoms with Crippen LogP contribution < -0.4 is 0 Å². The normalized spacial score (nSPS) is 11.4. The lowest BCUT2D eigenvalue weighted by Crippen LogP contribution is -1.89. The molecule has 0 saturated carbocycles. The van der Waals surface area contributed by atoms with E-state index in [0.717, 1.165) is 11.1 Å². The number of phenolic OH excluding ortho intramolecular Hbond substituents is 1. The first-order valence-corrected chi connectivity index (χ1v) is 7.12. The van der Waals surface area contributed by atoms with Crippen LogP contribution in [0.15, 0.2) is 53.4 Å². The van der Waals surface area contributed by atoms with Gasteiger partial charge < -0.3 is 5.11 Å². The summed E-state index contributed by atoms with van der Waals surface area (Å²) in [6.07, 6.45) is 0. The summed E-state index contributed by atoms with van der Waals surface area (Å²) in [6.45, 7) is 0. The molecule has 0 spiro atoms. The zero-order valence-corrected chi connectivity index (χ0v) is 10.2. The van der Waals surface area contributed by atoms with Gasteiger partial charge in [0.1, 0.15) is 5.75 Å². The molecule has 2 aromatic rings. The van der Waals surface area contributed by atoms with Crippen molar-refractivity contribution < 1.29 is 13.5 Å². The van der Waals surface area contributed by atoms with Crippen molar-refractivity contribution in [1.82, 2.24) is 0 Å². The van der Waals surface area contributed by atoms with Crippen molar-refractivity contribution in [1.29, 1.82) is 0 Å². The summed E-state index contributed by atoms with van der Waals surface area (Å²) in [5, 5.41) is 9.16. The van der Waals surface area contributed by atoms with Gasteiger partial charge in [0.2, 0.25) is 0 Å². The van der Waals surface area contributed by atoms with Crippen LogP contribution in [0.3, 0.4) is 0 Å². The first-order valence-electron chi connectivity index (χ1n) is 4.81. The molecule has 2 rings (SSSR count). The Morgan fingerprint density at radius 1 is 0.824 bits per heavy atom. The monoisotopic (exact) mass is 268 g/mol. The van der Waals surface area contributed by atoms with Crippen molar-refractivity contribution in [3.8, 4) is 16.9 Å². The van der Waals surface area contributed by atoms with E-state index in [9.17, 15) is 8.42 Å². The average molecular weight is 269 g/mol. The molecule has 0 radical (unpaired) electrons. The van der Waals surface area contributed by atoms with Crippen LogP contribution in [0.25, 0.3) is 11.1 Å². The summed E-state index contributed by atoms with van der Waals surface area (Å²) in [7, 11) is 1.54. The third-order valence-electron chi connectivity index (χ3n) is 2.34. The molecule has 0 saturated heterocycles. The van der Waals surface area contributed by atoms with E-state index in [1.165, 1.54) is 12.1 Å². The molecule has 0 atom stereocenters. The molecule has 0 aromatic heterocycles. The van der Waals surface area contributed by atoms with Crippen LogP contribution in [0.1, 0.15) is 0 Å². The minimum atomic E-state index is -3.68. The number of halogens is 1. The van der Waals surface area contributed by atoms with Crippen molar-refractivity contribution in [3.63, 3.8) is 0 Å². The maximum atomic E-state index is 11.1. The number of hydrogen-bond donors (Lipinski definition) is 1. The Balaban J connectivity index is 2.39. The molecule has 0 amide bonds. The van der Waals surface area contributed by atoms with Gasteiger partial charge in [0.15, 0.2) is 0 Å². The first kappa shape index (κ1) is 12.0. The van der Waals surface area contributed by atoms with Crippen molar-refractivity contribution in [2.24, 2.45) is 0 Å². The fraction of sp³-hybridized carbons (Fsp3) is 0. The van der Waals surface area contributed by atoms with Gasteiger partial charge in [0.05, 0.1) is 4.90 Å². The Bertz CT molecular complexity index is 616. The van der Waals surface area contributed by atoms with E-state index in [-0.39, 0.29) is 10.6 Å². The Kier molecular flexibility index (Phi) is 3.09. The Morgan fingerprint density at radius 2 is 1.24 bits per heavy atom. The SMILES string of the molecule is O=S(=O)(Cl)c1ccc(-c2ccc(O)cc2)cc1. The number of hydrogen-bond acceptors (Lipinski definition) is 3. The molecule has 17 heavy (non-hydrogen) atoms. The fourth-order valence-electron chi connectivity index (χ4n) is 1.46. The largest absolute Gasteiger partial charge is 0.508 e. The topological polar surface area (TPSA) is 54.4 Å². The van der Waals surface area contributed by atoms with Crippen molar-refractivity contribution in [2.75, 3.05) is 0 Å². The van der Waals surface area contributed by atoms with Crippen molar-refractivity contribution in [2.45, 2.75) is 4.90 Å². The second kappa shape index (κ2) is 4.39. The highest BCUT2D eigenvalue weighted by Gasteiger charge is 2.09. The molecular weight excluding hydrogens is 260 g/mol. The molecule has 2 aromatic carbocycles. The average Bonchev–Trinajstić information content (AvgIpc) is 2.29. The molecule has 88 valence electrons. The maximum absolute atomic E-state index is 11.1. The smallest absolute Gasteiger partial charge is 0.261 e. The predicted molar refractivity (Wildman–Crippen MR) is 66.6 cm³/mol. The van der Waals surface area contributed by atoms with E-state index >= 15 is 0 Å². The molecule has 1 N–H and O–H groups in total. The Morgan fingerprint density at radius 3 is 1.65 bits per heavy atom. The lowest BCUT2D eigenvalue weighted by Gasteiger charge is -2.02. The summed E-state index contributed by atoms with van der Waals surface area (Å²) in [4.78, 5) is 0.0710. The fourth-order valence-corrected chi connectivity index (χ4v) is 2.23. The maximum Gasteiger partial charge on any atom is 0.261 e. The van der Waals surface area contributed by atoms with Gasteiger partial charge in [-0.25, -0.2) is 8.42 Å². The van der Waals surface area contributed by atoms with E-state index in [2.05, 4.69) is 0 Å². The Labute approximate surface area is 104 Å². The number of benzene rings is 2. The van der Waals surface area contributed by atoms with Crippen molar-refractivity contribution >= 4 is 19.7 Å². The lowest BCUT2D eigenvalue weighted by atomic mass is 10.1. The van der Waals surface area contributed by atoms with Crippen molar-refractivity contribution in [3.05, 3.63) is 48.5 Å². The number of rotatable bonds is 2. The van der Waals surface area contributed by atoms with Gasteiger partial charge >= 0.3 is 0 Å². The third kappa shape index (κ3) is 2.78. The summed E-state index contributed by atoms with van der Waals surface area (Å²) in [6, 6.07) is 12.9. The molecule has 0 unspecified atom stereocenters. The summed E-state index contributed by atoms with van der Waals surface area (Å²) in [5.74, 6) is 0.189. The van der Waals surface area contributed by atoms with Crippen LogP contribution in [-0.2, 0) is 9.05 Å². The first-order chi connectivity index (χ1) is 7.97. The molecule has 0 fully saturated rings. The van der Waals surface area contributed by atoms with Crippen LogP contribution in [-0.4, -0.2) is 13.5 Å². The highest BCUT2D eigenvalue weighted by atomic mass is 35.7. The predicted octanol–water partition coefficient (Wildman–Crippen LogP) is 2.99. The Hall–Kier alpha value is -1.52. The van der Waals surface area contributed by atoms with Crippen LogP contribution in [0.5, 0.6) is 5.75 Å². The molecule has 0 heterocycles. The van der Waals surface area contributed by atoms with Gasteiger partial charge in [-0.2, -0.15) is 0 Å². The van der Waals surface area contributed by atoms with E-state index in [0.29, 0.717) is 0 Å². The zero-order valence-electron chi connectivity index (χ0n) is 8.67. The summed E-state index contributed by atoms with van der Waals surface area (Å²) in [5.41, 5.74) is 1.75. The highest BCUT2D eigenvalue weighted by molar-refractivity contribution is 8.13. The van der Waals surface area contributed by atoms with E-state index in [1.807, 2.05) is 0 Å². The second-order valence-corrected chi connectivity index (χ2v) is 6.08. The molecule has 0 bridgehead atoms. The van der Waals surface area contributed by atoms with Crippen LogP contribution in [0, 0.1) is 0 Å². The quantitative estimate of drug-likeness (QED) is 0.852. The molecular formula is C12H9ClO3S. The van der Waals surface area contributed by atoms with Gasteiger partial charge in [-0.3, -0.25) is 0 Å². The number of phenols is 1. The highest BCUT2D eigenvalue weighted by Crippen LogP contribution is 2.24. The minimum Gasteiger partial charge on any atom is -0.508 e. The van der Waals surface area contributed by atoms with E-state index in [4.69, 9.17) is 15.8 Å². The zero-order chi connectivity index (χ0) is 12.5. The van der Waals surface area contributed by atoms with Gasteiger partial charge in [0.25, 0.3) is 9.05 Å². The number of aromatic hydroxyl groups is 1. The molecule has 0 aliphatic heterocycles. The van der Waals surface area contributed by atoms with Crippen LogP contribution >= 0.6 is 10.7 Å².